The summed E-state index contributed by atoms with van der Waals surface area (Å²) in [5, 5.41) is 2.98. The van der Waals surface area contributed by atoms with Gasteiger partial charge in [0.1, 0.15) is 17.6 Å². The Morgan fingerprint density at radius 3 is 2.78 bits per heavy atom. The summed E-state index contributed by atoms with van der Waals surface area (Å²) in [6.45, 7) is 0.743. The van der Waals surface area contributed by atoms with Crippen LogP contribution >= 0.6 is 0 Å². The van der Waals surface area contributed by atoms with Crippen LogP contribution in [0.25, 0.3) is 0 Å². The van der Waals surface area contributed by atoms with E-state index in [1.54, 1.807) is 31.1 Å². The van der Waals surface area contributed by atoms with Crippen molar-refractivity contribution in [2.45, 2.75) is 11.1 Å². The highest BCUT2D eigenvalue weighted by Gasteiger charge is 2.34. The molecule has 1 fully saturated rings. The third-order valence-corrected chi connectivity index (χ3v) is 5.33. The van der Waals surface area contributed by atoms with Gasteiger partial charge in [0, 0.05) is 45.8 Å². The number of sulfonamides is 1. The molecule has 9 nitrogen and oxygen atoms in total. The number of nitrogens with one attached hydrogen (secondary N) is 1. The van der Waals surface area contributed by atoms with Crippen molar-refractivity contribution in [3.8, 4) is 0 Å². The highest BCUT2D eigenvalue weighted by Crippen LogP contribution is 2.27. The summed E-state index contributed by atoms with van der Waals surface area (Å²) in [5.41, 5.74) is 0.593. The van der Waals surface area contributed by atoms with Gasteiger partial charge in [-0.15, -0.1) is 0 Å². The zero-order chi connectivity index (χ0) is 16.4. The van der Waals surface area contributed by atoms with Gasteiger partial charge < -0.3 is 14.6 Å². The van der Waals surface area contributed by atoms with Crippen molar-refractivity contribution >= 4 is 15.8 Å². The zero-order valence-electron chi connectivity index (χ0n) is 12.9. The van der Waals surface area contributed by atoms with Gasteiger partial charge in [-0.25, -0.2) is 18.4 Å². The summed E-state index contributed by atoms with van der Waals surface area (Å²) >= 11 is 0. The molecule has 0 spiro atoms. The van der Waals surface area contributed by atoms with Crippen molar-refractivity contribution in [3.05, 3.63) is 30.6 Å². The first-order chi connectivity index (χ1) is 11.0. The maximum atomic E-state index is 12.7. The molecule has 2 aromatic heterocycles. The van der Waals surface area contributed by atoms with E-state index in [9.17, 15) is 8.42 Å². The van der Waals surface area contributed by atoms with Crippen LogP contribution in [0.15, 0.2) is 29.9 Å². The molecule has 0 saturated carbocycles. The number of morpholine rings is 1. The molecule has 2 aromatic rings. The standard InChI is InChI=1S/C13H18N6O3S/c1-14-13-12(15-3-4-16-13)10-7-19(5-6-22-10)23(20,21)11-8-18(2)9-17-11/h3-4,8-10H,5-7H2,1-2H3,(H,14,16)/t10-/m1/s1. The molecule has 1 atom stereocenters. The zero-order valence-corrected chi connectivity index (χ0v) is 13.7. The normalized spacial score (nSPS) is 19.7. The molecule has 0 aromatic carbocycles. The lowest BCUT2D eigenvalue weighted by Gasteiger charge is -2.31. The minimum Gasteiger partial charge on any atom is -0.372 e. The molecular formula is C13H18N6O3S. The molecule has 1 saturated heterocycles. The molecule has 1 aliphatic heterocycles. The Morgan fingerprint density at radius 2 is 2.09 bits per heavy atom. The van der Waals surface area contributed by atoms with E-state index < -0.39 is 16.1 Å². The number of imidazole rings is 1. The number of ether oxygens (including phenoxy) is 1. The number of rotatable bonds is 4. The molecule has 0 bridgehead atoms. The van der Waals surface area contributed by atoms with E-state index in [0.29, 0.717) is 11.5 Å². The van der Waals surface area contributed by atoms with Gasteiger partial charge in [-0.1, -0.05) is 0 Å². The fourth-order valence-corrected chi connectivity index (χ4v) is 3.83. The fraction of sp³-hybridized carbons (Fsp3) is 0.462. The highest BCUT2D eigenvalue weighted by atomic mass is 32.2. The van der Waals surface area contributed by atoms with E-state index >= 15 is 0 Å². The van der Waals surface area contributed by atoms with E-state index in [1.807, 2.05) is 0 Å². The second-order valence-corrected chi connectivity index (χ2v) is 7.02. The lowest BCUT2D eigenvalue weighted by atomic mass is 10.2. The van der Waals surface area contributed by atoms with E-state index in [-0.39, 0.29) is 24.7 Å². The largest absolute Gasteiger partial charge is 0.372 e. The van der Waals surface area contributed by atoms with E-state index in [1.165, 1.54) is 16.8 Å². The van der Waals surface area contributed by atoms with Gasteiger partial charge in [-0.2, -0.15) is 4.31 Å². The van der Waals surface area contributed by atoms with Crippen LogP contribution in [0.2, 0.25) is 0 Å². The number of aromatic nitrogens is 4. The first-order valence-corrected chi connectivity index (χ1v) is 8.54. The van der Waals surface area contributed by atoms with Crippen LogP contribution in [-0.4, -0.2) is 59.0 Å². The Balaban J connectivity index is 1.86. The molecular weight excluding hydrogens is 320 g/mol. The van der Waals surface area contributed by atoms with Crippen LogP contribution < -0.4 is 5.32 Å². The Labute approximate surface area is 134 Å². The number of nitrogens with zero attached hydrogens (tertiary/aromatic N) is 5. The van der Waals surface area contributed by atoms with Crippen LogP contribution in [-0.2, 0) is 21.8 Å². The topological polar surface area (TPSA) is 102 Å². The Hall–Kier alpha value is -2.04. The lowest BCUT2D eigenvalue weighted by Crippen LogP contribution is -2.42. The van der Waals surface area contributed by atoms with Crippen molar-refractivity contribution in [2.24, 2.45) is 7.05 Å². The number of hydrogen-bond acceptors (Lipinski definition) is 7. The van der Waals surface area contributed by atoms with Crippen LogP contribution in [0.3, 0.4) is 0 Å². The molecule has 1 aliphatic rings. The summed E-state index contributed by atoms with van der Waals surface area (Å²) in [6, 6.07) is 0. The minimum absolute atomic E-state index is 0.0358. The lowest BCUT2D eigenvalue weighted by molar-refractivity contribution is -0.00474. The molecule has 3 heterocycles. The van der Waals surface area contributed by atoms with Crippen molar-refractivity contribution in [1.82, 2.24) is 23.8 Å². The smallest absolute Gasteiger partial charge is 0.262 e. The molecule has 3 rings (SSSR count). The summed E-state index contributed by atoms with van der Waals surface area (Å²) < 4.78 is 34.0. The Morgan fingerprint density at radius 1 is 1.30 bits per heavy atom. The fourth-order valence-electron chi connectivity index (χ4n) is 2.44. The first kappa shape index (κ1) is 15.8. The van der Waals surface area contributed by atoms with Gasteiger partial charge in [-0.3, -0.25) is 4.98 Å². The number of anilines is 1. The summed E-state index contributed by atoms with van der Waals surface area (Å²) in [6.07, 6.45) is 5.61. The second kappa shape index (κ2) is 6.22. The Kier molecular flexibility index (Phi) is 4.28. The van der Waals surface area contributed by atoms with Gasteiger partial charge in [0.15, 0.2) is 5.03 Å². The first-order valence-electron chi connectivity index (χ1n) is 7.10. The predicted molar refractivity (Wildman–Crippen MR) is 82.2 cm³/mol. The minimum atomic E-state index is -3.65. The maximum absolute atomic E-state index is 12.7. The van der Waals surface area contributed by atoms with Crippen LogP contribution in [0, 0.1) is 0 Å². The highest BCUT2D eigenvalue weighted by molar-refractivity contribution is 7.89. The molecule has 0 radical (unpaired) electrons. The molecule has 23 heavy (non-hydrogen) atoms. The van der Waals surface area contributed by atoms with Crippen LogP contribution in [0.4, 0.5) is 5.82 Å². The second-order valence-electron chi connectivity index (χ2n) is 5.14. The predicted octanol–water partition coefficient (Wildman–Crippen LogP) is 0.0140. The van der Waals surface area contributed by atoms with Gasteiger partial charge >= 0.3 is 0 Å². The molecule has 0 amide bonds. The van der Waals surface area contributed by atoms with Gasteiger partial charge in [-0.05, 0) is 0 Å². The van der Waals surface area contributed by atoms with Gasteiger partial charge in [0.05, 0.1) is 12.9 Å². The third kappa shape index (κ3) is 3.05. The Bertz CT molecular complexity index is 791. The van der Waals surface area contributed by atoms with Gasteiger partial charge in [0.2, 0.25) is 0 Å². The molecule has 124 valence electrons. The average molecular weight is 338 g/mol. The summed E-state index contributed by atoms with van der Waals surface area (Å²) in [5.74, 6) is 0.578. The quantitative estimate of drug-likeness (QED) is 0.838. The molecule has 1 N–H and O–H groups in total. The van der Waals surface area contributed by atoms with E-state index in [0.717, 1.165) is 0 Å². The number of hydrogen-bond donors (Lipinski definition) is 1. The van der Waals surface area contributed by atoms with Crippen LogP contribution in [0.5, 0.6) is 0 Å². The van der Waals surface area contributed by atoms with Crippen molar-refractivity contribution in [1.29, 1.82) is 0 Å². The van der Waals surface area contributed by atoms with Crippen molar-refractivity contribution in [2.75, 3.05) is 32.1 Å². The van der Waals surface area contributed by atoms with Gasteiger partial charge in [0.25, 0.3) is 10.0 Å². The van der Waals surface area contributed by atoms with Crippen molar-refractivity contribution in [3.63, 3.8) is 0 Å². The molecule has 0 unspecified atom stereocenters. The monoisotopic (exact) mass is 338 g/mol. The SMILES string of the molecule is CNc1nccnc1[C@H]1CN(S(=O)(=O)c2cn(C)cn2)CCO1. The van der Waals surface area contributed by atoms with Crippen molar-refractivity contribution < 1.29 is 13.2 Å². The summed E-state index contributed by atoms with van der Waals surface area (Å²) in [7, 11) is -0.185. The summed E-state index contributed by atoms with van der Waals surface area (Å²) in [4.78, 5) is 12.4. The average Bonchev–Trinajstić information content (AvgIpc) is 3.02. The van der Waals surface area contributed by atoms with E-state index in [4.69, 9.17) is 4.74 Å². The molecule has 0 aliphatic carbocycles. The van der Waals surface area contributed by atoms with E-state index in [2.05, 4.69) is 20.3 Å². The number of aryl methyl sites for hydroxylation is 1. The maximum Gasteiger partial charge on any atom is 0.262 e. The third-order valence-electron chi connectivity index (χ3n) is 3.58. The van der Waals surface area contributed by atoms with Crippen LogP contribution in [0.1, 0.15) is 11.8 Å². The molecule has 10 heteroatoms.